The lowest BCUT2D eigenvalue weighted by Crippen LogP contribution is -2.44. The summed E-state index contributed by atoms with van der Waals surface area (Å²) in [5.74, 6) is -2.69. The highest BCUT2D eigenvalue weighted by atomic mass is 32.1. The van der Waals surface area contributed by atoms with E-state index in [4.69, 9.17) is 10.2 Å². The van der Waals surface area contributed by atoms with Gasteiger partial charge in [0.05, 0.1) is 12.1 Å². The number of aliphatic carboxylic acids is 2. The smallest absolute Gasteiger partial charge is 0.326 e. The van der Waals surface area contributed by atoms with E-state index >= 15 is 0 Å². The van der Waals surface area contributed by atoms with Gasteiger partial charge in [-0.15, -0.1) is 0 Å². The molecule has 1 aromatic rings. The minimum absolute atomic E-state index is 0.520. The predicted octanol–water partition coefficient (Wildman–Crippen LogP) is 0.797. The zero-order valence-electron chi connectivity index (χ0n) is 8.54. The summed E-state index contributed by atoms with van der Waals surface area (Å²) >= 11 is 1.36. The Bertz CT molecular complexity index is 417. The van der Waals surface area contributed by atoms with Gasteiger partial charge in [-0.1, -0.05) is 0 Å². The van der Waals surface area contributed by atoms with Gasteiger partial charge in [0, 0.05) is 5.38 Å². The first kappa shape index (κ1) is 13.0. The molecule has 1 heterocycles. The predicted molar refractivity (Wildman–Crippen MR) is 60.2 cm³/mol. The molecule has 0 aromatic carbocycles. The van der Waals surface area contributed by atoms with Crippen molar-refractivity contribution in [2.45, 2.75) is 12.5 Å². The number of hydrogen-bond donors (Lipinski definition) is 4. The highest BCUT2D eigenvalue weighted by Crippen LogP contribution is 2.11. The van der Waals surface area contributed by atoms with E-state index in [2.05, 4.69) is 10.6 Å². The molecule has 17 heavy (non-hydrogen) atoms. The first-order valence-electron chi connectivity index (χ1n) is 4.53. The minimum Gasteiger partial charge on any atom is -0.481 e. The Morgan fingerprint density at radius 3 is 2.53 bits per heavy atom. The monoisotopic (exact) mass is 258 g/mol. The summed E-state index contributed by atoms with van der Waals surface area (Å²) in [5, 5.41) is 25.0. The summed E-state index contributed by atoms with van der Waals surface area (Å²) in [6, 6.07) is -0.569. The van der Waals surface area contributed by atoms with Crippen LogP contribution in [0.4, 0.5) is 10.5 Å². The number of thiophene rings is 1. The van der Waals surface area contributed by atoms with Crippen LogP contribution in [0.1, 0.15) is 6.42 Å². The highest BCUT2D eigenvalue weighted by molar-refractivity contribution is 7.08. The van der Waals surface area contributed by atoms with E-state index in [1.54, 1.807) is 16.8 Å². The number of nitrogens with one attached hydrogen (secondary N) is 2. The topological polar surface area (TPSA) is 116 Å². The maximum atomic E-state index is 11.3. The summed E-state index contributed by atoms with van der Waals surface area (Å²) in [7, 11) is 0. The van der Waals surface area contributed by atoms with Crippen LogP contribution >= 0.6 is 11.3 Å². The molecular formula is C9H10N2O5S. The lowest BCUT2D eigenvalue weighted by molar-refractivity contribution is -0.145. The standard InChI is InChI=1S/C9H10N2O5S/c12-7(13)3-6(8(14)15)11-9(16)10-5-1-2-17-4-5/h1-2,4,6H,3H2,(H,12,13)(H,14,15)(H2,10,11,16). The van der Waals surface area contributed by atoms with Crippen molar-refractivity contribution in [1.82, 2.24) is 5.32 Å². The van der Waals surface area contributed by atoms with E-state index in [1.165, 1.54) is 11.3 Å². The van der Waals surface area contributed by atoms with Crippen molar-refractivity contribution >= 4 is 35.0 Å². The lowest BCUT2D eigenvalue weighted by Gasteiger charge is -2.12. The van der Waals surface area contributed by atoms with Crippen molar-refractivity contribution in [1.29, 1.82) is 0 Å². The van der Waals surface area contributed by atoms with Crippen LogP contribution in [0.15, 0.2) is 16.8 Å². The summed E-state index contributed by atoms with van der Waals surface area (Å²) in [4.78, 5) is 32.4. The maximum absolute atomic E-state index is 11.3. The van der Waals surface area contributed by atoms with E-state index in [0.717, 1.165) is 0 Å². The molecule has 0 spiro atoms. The molecule has 8 heteroatoms. The molecule has 1 atom stereocenters. The molecule has 0 aliphatic carbocycles. The third kappa shape index (κ3) is 4.51. The second kappa shape index (κ2) is 5.85. The Labute approximate surface area is 100 Å². The summed E-state index contributed by atoms with van der Waals surface area (Å²) in [5.41, 5.74) is 0.520. The van der Waals surface area contributed by atoms with Gasteiger partial charge in [0.15, 0.2) is 0 Å². The van der Waals surface area contributed by atoms with Gasteiger partial charge in [0.2, 0.25) is 0 Å². The van der Waals surface area contributed by atoms with Crippen LogP contribution in [0.2, 0.25) is 0 Å². The van der Waals surface area contributed by atoms with Gasteiger partial charge in [0.1, 0.15) is 6.04 Å². The van der Waals surface area contributed by atoms with Crippen LogP contribution in [-0.4, -0.2) is 34.2 Å². The maximum Gasteiger partial charge on any atom is 0.326 e. The molecule has 0 fully saturated rings. The Morgan fingerprint density at radius 1 is 1.35 bits per heavy atom. The Kier molecular flexibility index (Phi) is 4.46. The number of hydrogen-bond acceptors (Lipinski definition) is 4. The number of carboxylic acids is 2. The van der Waals surface area contributed by atoms with Gasteiger partial charge in [-0.2, -0.15) is 11.3 Å². The fraction of sp³-hybridized carbons (Fsp3) is 0.222. The normalized spacial score (nSPS) is 11.5. The largest absolute Gasteiger partial charge is 0.481 e. The number of rotatable bonds is 5. The highest BCUT2D eigenvalue weighted by Gasteiger charge is 2.22. The van der Waals surface area contributed by atoms with Gasteiger partial charge in [-0.05, 0) is 11.4 Å². The molecule has 0 saturated heterocycles. The quantitative estimate of drug-likeness (QED) is 0.623. The zero-order valence-corrected chi connectivity index (χ0v) is 9.36. The number of carbonyl (C=O) groups excluding carboxylic acids is 1. The summed E-state index contributed by atoms with van der Waals surface area (Å²) < 4.78 is 0. The van der Waals surface area contributed by atoms with Gasteiger partial charge < -0.3 is 20.8 Å². The first-order chi connectivity index (χ1) is 7.99. The molecule has 0 saturated carbocycles. The molecule has 0 bridgehead atoms. The number of amides is 2. The molecule has 1 unspecified atom stereocenters. The summed E-state index contributed by atoms with van der Waals surface area (Å²) in [6.45, 7) is 0. The van der Waals surface area contributed by atoms with Gasteiger partial charge in [0.25, 0.3) is 0 Å². The first-order valence-corrected chi connectivity index (χ1v) is 5.47. The van der Waals surface area contributed by atoms with Crippen molar-refractivity contribution in [3.8, 4) is 0 Å². The molecule has 1 aromatic heterocycles. The van der Waals surface area contributed by atoms with E-state index in [1.807, 2.05) is 0 Å². The van der Waals surface area contributed by atoms with Crippen molar-refractivity contribution < 1.29 is 24.6 Å². The average molecular weight is 258 g/mol. The van der Waals surface area contributed by atoms with E-state index in [0.29, 0.717) is 5.69 Å². The molecule has 0 aliphatic rings. The molecule has 4 N–H and O–H groups in total. The lowest BCUT2D eigenvalue weighted by atomic mass is 10.2. The molecule has 0 radical (unpaired) electrons. The van der Waals surface area contributed by atoms with Crippen molar-refractivity contribution in [2.24, 2.45) is 0 Å². The second-order valence-corrected chi connectivity index (χ2v) is 3.88. The van der Waals surface area contributed by atoms with Crippen LogP contribution in [0.3, 0.4) is 0 Å². The summed E-state index contributed by atoms with van der Waals surface area (Å²) in [6.07, 6.45) is -0.674. The Balaban J connectivity index is 2.52. The van der Waals surface area contributed by atoms with Crippen LogP contribution in [-0.2, 0) is 9.59 Å². The van der Waals surface area contributed by atoms with E-state index in [-0.39, 0.29) is 0 Å². The number of urea groups is 1. The molecule has 7 nitrogen and oxygen atoms in total. The Morgan fingerprint density at radius 2 is 2.06 bits per heavy atom. The van der Waals surface area contributed by atoms with Crippen LogP contribution in [0.5, 0.6) is 0 Å². The van der Waals surface area contributed by atoms with Crippen molar-refractivity contribution in [3.05, 3.63) is 16.8 Å². The van der Waals surface area contributed by atoms with E-state index in [9.17, 15) is 14.4 Å². The molecular weight excluding hydrogens is 248 g/mol. The second-order valence-electron chi connectivity index (χ2n) is 3.10. The molecule has 1 rings (SSSR count). The van der Waals surface area contributed by atoms with E-state index < -0.39 is 30.4 Å². The third-order valence-corrected chi connectivity index (χ3v) is 2.44. The van der Waals surface area contributed by atoms with Gasteiger partial charge in [-0.25, -0.2) is 9.59 Å². The van der Waals surface area contributed by atoms with Crippen molar-refractivity contribution in [3.63, 3.8) is 0 Å². The van der Waals surface area contributed by atoms with Gasteiger partial charge >= 0.3 is 18.0 Å². The SMILES string of the molecule is O=C(O)CC(NC(=O)Nc1ccsc1)C(=O)O. The number of anilines is 1. The van der Waals surface area contributed by atoms with Crippen molar-refractivity contribution in [2.75, 3.05) is 5.32 Å². The molecule has 92 valence electrons. The van der Waals surface area contributed by atoms with Gasteiger partial charge in [-0.3, -0.25) is 4.79 Å². The number of carboxylic acid groups (broad SMARTS) is 2. The molecule has 2 amide bonds. The average Bonchev–Trinajstić information content (AvgIpc) is 2.68. The molecule has 0 aliphatic heterocycles. The zero-order chi connectivity index (χ0) is 12.8. The third-order valence-electron chi connectivity index (χ3n) is 1.76. The van der Waals surface area contributed by atoms with Crippen LogP contribution in [0, 0.1) is 0 Å². The fourth-order valence-electron chi connectivity index (χ4n) is 1.04. The minimum atomic E-state index is -1.45. The fourth-order valence-corrected chi connectivity index (χ4v) is 1.62. The Hall–Kier alpha value is -2.09. The number of carbonyl (C=O) groups is 3. The van der Waals surface area contributed by atoms with Crippen LogP contribution < -0.4 is 10.6 Å². The van der Waals surface area contributed by atoms with Crippen LogP contribution in [0.25, 0.3) is 0 Å².